The molecule has 1 nitrogen and oxygen atoms in total. The van der Waals surface area contributed by atoms with Crippen LogP contribution in [0.2, 0.25) is 0 Å². The molecule has 4 aromatic carbocycles. The average Bonchev–Trinajstić information content (AvgIpc) is 3.22. The lowest BCUT2D eigenvalue weighted by molar-refractivity contribution is 1.17. The number of para-hydroxylation sites is 2. The fourth-order valence-corrected chi connectivity index (χ4v) is 3.91. The van der Waals surface area contributed by atoms with Gasteiger partial charge < -0.3 is 4.57 Å². The summed E-state index contributed by atoms with van der Waals surface area (Å²) in [6.45, 7) is 10.2. The van der Waals surface area contributed by atoms with Gasteiger partial charge in [0.05, 0.1) is 11.0 Å². The number of allylic oxidation sites excluding steroid dienone is 2. The number of hydrogen-bond acceptors (Lipinski definition) is 0. The van der Waals surface area contributed by atoms with Crippen LogP contribution >= 0.6 is 0 Å². The van der Waals surface area contributed by atoms with E-state index in [1.165, 1.54) is 44.2 Å². The van der Waals surface area contributed by atoms with Gasteiger partial charge in [-0.2, -0.15) is 0 Å². The molecule has 0 saturated carbocycles. The zero-order chi connectivity index (χ0) is 22.9. The van der Waals surface area contributed by atoms with E-state index in [0.29, 0.717) is 0 Å². The van der Waals surface area contributed by atoms with Crippen LogP contribution in [0.25, 0.3) is 38.6 Å². The topological polar surface area (TPSA) is 4.93 Å². The second-order valence-electron chi connectivity index (χ2n) is 7.41. The van der Waals surface area contributed by atoms with E-state index in [9.17, 15) is 0 Å². The van der Waals surface area contributed by atoms with E-state index in [2.05, 4.69) is 109 Å². The van der Waals surface area contributed by atoms with Crippen LogP contribution in [0.3, 0.4) is 0 Å². The third-order valence-electron chi connectivity index (χ3n) is 5.44. The minimum atomic E-state index is 1.20. The molecule has 1 heteroatoms. The summed E-state index contributed by atoms with van der Waals surface area (Å²) in [6.07, 6.45) is 4.00. The normalized spacial score (nSPS) is 10.5. The van der Waals surface area contributed by atoms with Crippen molar-refractivity contribution in [2.24, 2.45) is 0 Å². The number of nitrogens with zero attached hydrogens (tertiary/aromatic N) is 1. The number of benzene rings is 4. The highest BCUT2D eigenvalue weighted by molar-refractivity contribution is 6.10. The molecule has 0 aliphatic rings. The predicted octanol–water partition coefficient (Wildman–Crippen LogP) is 9.37. The molecule has 0 N–H and O–H groups in total. The molecule has 1 heterocycles. The SMILES string of the molecule is C/C=C\C.CC.Cc1cccc2c3ccccc3n(-c3cccc(-c4ccccc4)c3)c12. The van der Waals surface area contributed by atoms with Gasteiger partial charge in [-0.1, -0.05) is 105 Å². The minimum absolute atomic E-state index is 1.20. The second kappa shape index (κ2) is 11.2. The fraction of sp³-hybridized carbons (Fsp3) is 0.161. The number of aryl methyl sites for hydroxylation is 1. The fourth-order valence-electron chi connectivity index (χ4n) is 3.91. The Hall–Kier alpha value is -3.58. The van der Waals surface area contributed by atoms with E-state index >= 15 is 0 Å². The van der Waals surface area contributed by atoms with Crippen LogP contribution in [0, 0.1) is 6.92 Å². The average molecular weight is 420 g/mol. The van der Waals surface area contributed by atoms with Crippen LogP contribution in [-0.2, 0) is 0 Å². The lowest BCUT2D eigenvalue weighted by Crippen LogP contribution is -1.95. The van der Waals surface area contributed by atoms with Crippen LogP contribution in [-0.4, -0.2) is 4.57 Å². The van der Waals surface area contributed by atoms with Crippen LogP contribution in [0.1, 0.15) is 33.3 Å². The number of hydrogen-bond donors (Lipinski definition) is 0. The van der Waals surface area contributed by atoms with E-state index in [1.54, 1.807) is 0 Å². The summed E-state index contributed by atoms with van der Waals surface area (Å²) < 4.78 is 2.40. The quantitative estimate of drug-likeness (QED) is 0.251. The van der Waals surface area contributed by atoms with Crippen LogP contribution < -0.4 is 0 Å². The van der Waals surface area contributed by atoms with Gasteiger partial charge in [0.1, 0.15) is 0 Å². The Morgan fingerprint density at radius 3 is 1.91 bits per heavy atom. The highest BCUT2D eigenvalue weighted by Gasteiger charge is 2.13. The number of aromatic nitrogens is 1. The first-order valence-corrected chi connectivity index (χ1v) is 11.5. The highest BCUT2D eigenvalue weighted by Crippen LogP contribution is 2.34. The molecule has 0 spiro atoms. The molecule has 1 aromatic heterocycles. The molecule has 0 saturated heterocycles. The van der Waals surface area contributed by atoms with Crippen molar-refractivity contribution in [3.05, 3.63) is 115 Å². The molecule has 0 aliphatic carbocycles. The van der Waals surface area contributed by atoms with Crippen molar-refractivity contribution in [2.75, 3.05) is 0 Å². The van der Waals surface area contributed by atoms with Gasteiger partial charge in [0.15, 0.2) is 0 Å². The molecule has 0 radical (unpaired) electrons. The number of fused-ring (bicyclic) bond motifs is 3. The molecule has 162 valence electrons. The standard InChI is InChI=1S/C25H19N.C4H8.C2H6/c1-18-9-7-15-23-22-14-5-6-16-24(22)26(25(18)23)21-13-8-12-20(17-21)19-10-3-2-4-11-19;1-3-4-2;1-2/h2-17H,1H3;3-4H,1-2H3;1-2H3/b;4-3-;. The Labute approximate surface area is 192 Å². The summed E-state index contributed by atoms with van der Waals surface area (Å²) in [6, 6.07) is 34.6. The van der Waals surface area contributed by atoms with E-state index in [1.807, 2.05) is 39.8 Å². The molecule has 0 unspecified atom stereocenters. The third kappa shape index (κ3) is 4.68. The highest BCUT2D eigenvalue weighted by atomic mass is 15.0. The molecule has 0 bridgehead atoms. The predicted molar refractivity (Wildman–Crippen MR) is 143 cm³/mol. The lowest BCUT2D eigenvalue weighted by Gasteiger charge is -2.11. The van der Waals surface area contributed by atoms with Crippen molar-refractivity contribution in [3.8, 4) is 16.8 Å². The smallest absolute Gasteiger partial charge is 0.0570 e. The van der Waals surface area contributed by atoms with Crippen molar-refractivity contribution in [3.63, 3.8) is 0 Å². The Morgan fingerprint density at radius 1 is 0.594 bits per heavy atom. The molecule has 0 atom stereocenters. The third-order valence-corrected chi connectivity index (χ3v) is 5.44. The zero-order valence-electron chi connectivity index (χ0n) is 19.8. The summed E-state index contributed by atoms with van der Waals surface area (Å²) in [5.41, 5.74) is 7.52. The second-order valence-corrected chi connectivity index (χ2v) is 7.41. The van der Waals surface area contributed by atoms with Crippen LogP contribution in [0.4, 0.5) is 0 Å². The van der Waals surface area contributed by atoms with Gasteiger partial charge in [-0.15, -0.1) is 0 Å². The Morgan fingerprint density at radius 2 is 1.19 bits per heavy atom. The van der Waals surface area contributed by atoms with E-state index in [4.69, 9.17) is 0 Å². The van der Waals surface area contributed by atoms with Crippen molar-refractivity contribution in [1.29, 1.82) is 0 Å². The molecule has 0 aliphatic heterocycles. The summed E-state index contributed by atoms with van der Waals surface area (Å²) in [5, 5.41) is 2.61. The summed E-state index contributed by atoms with van der Waals surface area (Å²) >= 11 is 0. The summed E-state index contributed by atoms with van der Waals surface area (Å²) in [5.74, 6) is 0. The van der Waals surface area contributed by atoms with Crippen molar-refractivity contribution < 1.29 is 0 Å². The van der Waals surface area contributed by atoms with Crippen LogP contribution in [0.15, 0.2) is 109 Å². The Balaban J connectivity index is 0.000000437. The molecular formula is C31H33N. The van der Waals surface area contributed by atoms with Gasteiger partial charge in [0.2, 0.25) is 0 Å². The maximum Gasteiger partial charge on any atom is 0.0570 e. The summed E-state index contributed by atoms with van der Waals surface area (Å²) in [7, 11) is 0. The van der Waals surface area contributed by atoms with Crippen molar-refractivity contribution in [1.82, 2.24) is 4.57 Å². The van der Waals surface area contributed by atoms with Gasteiger partial charge >= 0.3 is 0 Å². The van der Waals surface area contributed by atoms with Gasteiger partial charge in [-0.05, 0) is 55.7 Å². The van der Waals surface area contributed by atoms with Gasteiger partial charge in [-0.25, -0.2) is 0 Å². The molecule has 5 aromatic rings. The first kappa shape index (κ1) is 23.1. The lowest BCUT2D eigenvalue weighted by atomic mass is 10.1. The van der Waals surface area contributed by atoms with E-state index < -0.39 is 0 Å². The Kier molecular flexibility index (Phi) is 8.05. The van der Waals surface area contributed by atoms with E-state index in [0.717, 1.165) is 0 Å². The first-order valence-electron chi connectivity index (χ1n) is 11.5. The maximum atomic E-state index is 2.40. The van der Waals surface area contributed by atoms with E-state index in [-0.39, 0.29) is 0 Å². The van der Waals surface area contributed by atoms with Crippen LogP contribution in [0.5, 0.6) is 0 Å². The molecule has 32 heavy (non-hydrogen) atoms. The largest absolute Gasteiger partial charge is 0.309 e. The number of rotatable bonds is 2. The minimum Gasteiger partial charge on any atom is -0.309 e. The maximum absolute atomic E-state index is 2.40. The monoisotopic (exact) mass is 419 g/mol. The van der Waals surface area contributed by atoms with Crippen molar-refractivity contribution >= 4 is 21.8 Å². The Bertz CT molecular complexity index is 1300. The van der Waals surface area contributed by atoms with Gasteiger partial charge in [0.25, 0.3) is 0 Å². The zero-order valence-corrected chi connectivity index (χ0v) is 19.8. The molecule has 0 fully saturated rings. The summed E-state index contributed by atoms with van der Waals surface area (Å²) in [4.78, 5) is 0. The van der Waals surface area contributed by atoms with Gasteiger partial charge in [-0.3, -0.25) is 0 Å². The van der Waals surface area contributed by atoms with Crippen molar-refractivity contribution in [2.45, 2.75) is 34.6 Å². The molecule has 0 amide bonds. The first-order chi connectivity index (χ1) is 15.7. The molecule has 5 rings (SSSR count). The molecular weight excluding hydrogens is 386 g/mol. The van der Waals surface area contributed by atoms with Gasteiger partial charge in [0, 0.05) is 16.5 Å².